The molecule has 2 atom stereocenters. The molecule has 2 rings (SSSR count). The van der Waals surface area contributed by atoms with Crippen molar-refractivity contribution in [3.8, 4) is 0 Å². The number of nitrogens with one attached hydrogen (secondary N) is 1. The lowest BCUT2D eigenvalue weighted by Gasteiger charge is -2.27. The van der Waals surface area contributed by atoms with Gasteiger partial charge in [0.05, 0.1) is 11.6 Å². The molecule has 2 unspecified atom stereocenters. The summed E-state index contributed by atoms with van der Waals surface area (Å²) in [4.78, 5) is 25.0. The number of urea groups is 1. The first kappa shape index (κ1) is 15.8. The maximum atomic E-state index is 12.3. The third kappa shape index (κ3) is 3.93. The summed E-state index contributed by atoms with van der Waals surface area (Å²) >= 11 is 1.54. The van der Waals surface area contributed by atoms with E-state index in [2.05, 4.69) is 5.32 Å². The molecule has 1 aromatic heterocycles. The lowest BCUT2D eigenvalue weighted by atomic mass is 10.2. The smallest absolute Gasteiger partial charge is 0.327 e. The second-order valence-corrected chi connectivity index (χ2v) is 6.11. The van der Waals surface area contributed by atoms with Crippen LogP contribution in [0.2, 0.25) is 0 Å². The Morgan fingerprint density at radius 2 is 2.38 bits per heavy atom. The van der Waals surface area contributed by atoms with E-state index in [1.807, 2.05) is 13.0 Å². The molecule has 2 heterocycles. The molecular formula is C14H20N2O4S. The Bertz CT molecular complexity index is 477. The number of aliphatic carboxylic acids is 1. The van der Waals surface area contributed by atoms with Crippen LogP contribution in [0.3, 0.4) is 0 Å². The second-order valence-electron chi connectivity index (χ2n) is 4.90. The van der Waals surface area contributed by atoms with E-state index in [4.69, 9.17) is 4.42 Å². The molecule has 0 spiro atoms. The van der Waals surface area contributed by atoms with E-state index in [0.29, 0.717) is 18.7 Å². The summed E-state index contributed by atoms with van der Waals surface area (Å²) in [5, 5.41) is 12.0. The minimum atomic E-state index is -0.942. The minimum absolute atomic E-state index is 0.0558. The fourth-order valence-corrected chi connectivity index (χ4v) is 3.85. The number of thioether (sulfide) groups is 1. The Morgan fingerprint density at radius 3 is 3.00 bits per heavy atom. The van der Waals surface area contributed by atoms with Crippen molar-refractivity contribution in [2.75, 3.05) is 12.3 Å². The van der Waals surface area contributed by atoms with Gasteiger partial charge in [0.2, 0.25) is 0 Å². The number of rotatable bonds is 6. The normalized spacial score (nSPS) is 21.5. The van der Waals surface area contributed by atoms with Gasteiger partial charge in [0.15, 0.2) is 0 Å². The summed E-state index contributed by atoms with van der Waals surface area (Å²) in [6, 6.07) is 2.59. The summed E-state index contributed by atoms with van der Waals surface area (Å²) in [5.74, 6) is 0.305. The van der Waals surface area contributed by atoms with Gasteiger partial charge in [0.1, 0.15) is 11.8 Å². The third-order valence-corrected chi connectivity index (χ3v) is 4.73. The van der Waals surface area contributed by atoms with E-state index < -0.39 is 12.0 Å². The molecule has 0 radical (unpaired) electrons. The van der Waals surface area contributed by atoms with Gasteiger partial charge in [0, 0.05) is 18.7 Å². The largest absolute Gasteiger partial charge is 0.480 e. The van der Waals surface area contributed by atoms with Crippen molar-refractivity contribution in [2.24, 2.45) is 0 Å². The summed E-state index contributed by atoms with van der Waals surface area (Å²) in [7, 11) is 0. The average molecular weight is 312 g/mol. The van der Waals surface area contributed by atoms with Gasteiger partial charge in [-0.05, 0) is 18.6 Å². The van der Waals surface area contributed by atoms with Crippen molar-refractivity contribution in [3.63, 3.8) is 0 Å². The Labute approximate surface area is 127 Å². The Balaban J connectivity index is 1.91. The number of furan rings is 1. The maximum absolute atomic E-state index is 12.3. The van der Waals surface area contributed by atoms with Crippen LogP contribution in [0, 0.1) is 0 Å². The molecule has 21 heavy (non-hydrogen) atoms. The van der Waals surface area contributed by atoms with Crippen LogP contribution in [0.1, 0.15) is 25.5 Å². The molecule has 2 amide bonds. The number of carbonyl (C=O) groups excluding carboxylic acids is 1. The van der Waals surface area contributed by atoms with Crippen LogP contribution in [0.15, 0.2) is 22.8 Å². The predicted molar refractivity (Wildman–Crippen MR) is 80.2 cm³/mol. The molecule has 1 saturated heterocycles. The molecule has 116 valence electrons. The molecule has 0 bridgehead atoms. The average Bonchev–Trinajstić information content (AvgIpc) is 3.08. The van der Waals surface area contributed by atoms with Gasteiger partial charge in [0.25, 0.3) is 0 Å². The zero-order valence-corrected chi connectivity index (χ0v) is 12.8. The van der Waals surface area contributed by atoms with Crippen LogP contribution in [0.5, 0.6) is 0 Å². The highest BCUT2D eigenvalue weighted by atomic mass is 32.2. The van der Waals surface area contributed by atoms with E-state index >= 15 is 0 Å². The number of hydrogen-bond donors (Lipinski definition) is 2. The van der Waals surface area contributed by atoms with Gasteiger partial charge >= 0.3 is 12.0 Å². The third-order valence-electron chi connectivity index (χ3n) is 3.38. The Kier molecular flexibility index (Phi) is 5.55. The maximum Gasteiger partial charge on any atom is 0.327 e. The fourth-order valence-electron chi connectivity index (χ4n) is 2.33. The van der Waals surface area contributed by atoms with Crippen LogP contribution < -0.4 is 5.32 Å². The first-order valence-corrected chi connectivity index (χ1v) is 8.11. The first-order chi connectivity index (χ1) is 10.1. The highest BCUT2D eigenvalue weighted by molar-refractivity contribution is 8.00. The lowest BCUT2D eigenvalue weighted by Crippen LogP contribution is -2.50. The number of carbonyl (C=O) groups is 2. The summed E-state index contributed by atoms with van der Waals surface area (Å²) < 4.78 is 5.20. The molecule has 0 saturated carbocycles. The predicted octanol–water partition coefficient (Wildman–Crippen LogP) is 2.16. The number of amides is 2. The lowest BCUT2D eigenvalue weighted by molar-refractivity contribution is -0.141. The van der Waals surface area contributed by atoms with Crippen LogP contribution >= 0.6 is 11.8 Å². The van der Waals surface area contributed by atoms with Crippen molar-refractivity contribution in [3.05, 3.63) is 24.2 Å². The molecule has 1 aliphatic rings. The quantitative estimate of drug-likeness (QED) is 0.841. The van der Waals surface area contributed by atoms with E-state index in [1.54, 1.807) is 12.3 Å². The number of hydrogen-bond acceptors (Lipinski definition) is 4. The van der Waals surface area contributed by atoms with E-state index in [9.17, 15) is 14.7 Å². The van der Waals surface area contributed by atoms with Gasteiger partial charge in [-0.25, -0.2) is 9.59 Å². The molecular weight excluding hydrogens is 292 g/mol. The van der Waals surface area contributed by atoms with Gasteiger partial charge < -0.3 is 14.8 Å². The van der Waals surface area contributed by atoms with Crippen molar-refractivity contribution >= 4 is 23.8 Å². The second kappa shape index (κ2) is 7.40. The van der Waals surface area contributed by atoms with Crippen LogP contribution in [0.4, 0.5) is 4.79 Å². The highest BCUT2D eigenvalue weighted by Crippen LogP contribution is 2.32. The SMILES string of the molecule is CCCC1SCC(C(=O)O)N1C(=O)NCCc1ccco1. The van der Waals surface area contributed by atoms with E-state index in [-0.39, 0.29) is 11.4 Å². The standard InChI is InChI=1S/C14H20N2O4S/c1-2-4-12-16(11(9-21-12)13(17)18)14(19)15-7-6-10-5-3-8-20-10/h3,5,8,11-12H,2,4,6-7,9H2,1H3,(H,15,19)(H,17,18). The fraction of sp³-hybridized carbons (Fsp3) is 0.571. The topological polar surface area (TPSA) is 82.8 Å². The summed E-state index contributed by atoms with van der Waals surface area (Å²) in [5.41, 5.74) is 0. The molecule has 2 N–H and O–H groups in total. The molecule has 1 aromatic rings. The van der Waals surface area contributed by atoms with E-state index in [1.165, 1.54) is 16.7 Å². The zero-order valence-electron chi connectivity index (χ0n) is 11.9. The molecule has 1 aliphatic heterocycles. The molecule has 1 fully saturated rings. The number of carboxylic acids is 1. The number of nitrogens with zero attached hydrogens (tertiary/aromatic N) is 1. The van der Waals surface area contributed by atoms with Gasteiger partial charge in [-0.15, -0.1) is 11.8 Å². The van der Waals surface area contributed by atoms with Crippen LogP contribution in [0.25, 0.3) is 0 Å². The minimum Gasteiger partial charge on any atom is -0.480 e. The van der Waals surface area contributed by atoms with Crippen molar-refractivity contribution < 1.29 is 19.1 Å². The zero-order chi connectivity index (χ0) is 15.2. The molecule has 0 aromatic carbocycles. The van der Waals surface area contributed by atoms with E-state index in [0.717, 1.165) is 18.6 Å². The Morgan fingerprint density at radius 1 is 1.57 bits per heavy atom. The van der Waals surface area contributed by atoms with Crippen LogP contribution in [-0.4, -0.2) is 45.7 Å². The summed E-state index contributed by atoms with van der Waals surface area (Å²) in [6.45, 7) is 2.46. The van der Waals surface area contributed by atoms with Crippen molar-refractivity contribution in [2.45, 2.75) is 37.6 Å². The van der Waals surface area contributed by atoms with Crippen molar-refractivity contribution in [1.82, 2.24) is 10.2 Å². The van der Waals surface area contributed by atoms with Crippen LogP contribution in [-0.2, 0) is 11.2 Å². The first-order valence-electron chi connectivity index (χ1n) is 7.06. The number of carboxylic acid groups (broad SMARTS) is 1. The molecule has 7 heteroatoms. The highest BCUT2D eigenvalue weighted by Gasteiger charge is 2.41. The van der Waals surface area contributed by atoms with Gasteiger partial charge in [-0.3, -0.25) is 4.90 Å². The monoisotopic (exact) mass is 312 g/mol. The summed E-state index contributed by atoms with van der Waals surface area (Å²) in [6.07, 6.45) is 3.90. The van der Waals surface area contributed by atoms with Crippen molar-refractivity contribution in [1.29, 1.82) is 0 Å². The molecule has 6 nitrogen and oxygen atoms in total. The Hall–Kier alpha value is -1.63. The van der Waals surface area contributed by atoms with Gasteiger partial charge in [-0.1, -0.05) is 13.3 Å². The van der Waals surface area contributed by atoms with Gasteiger partial charge in [-0.2, -0.15) is 0 Å². The molecule has 0 aliphatic carbocycles.